The molecule has 4 nitrogen and oxygen atoms in total. The van der Waals surface area contributed by atoms with Crippen LogP contribution in [0.1, 0.15) is 49.1 Å². The average molecular weight is 386 g/mol. The highest BCUT2D eigenvalue weighted by Crippen LogP contribution is 2.37. The molecule has 1 aliphatic rings. The van der Waals surface area contributed by atoms with Crippen LogP contribution in [0.3, 0.4) is 0 Å². The predicted molar refractivity (Wildman–Crippen MR) is 118 cm³/mol. The first-order valence-electron chi connectivity index (χ1n) is 10.5. The second-order valence-corrected chi connectivity index (χ2v) is 8.10. The molecule has 2 aromatic heterocycles. The Kier molecular flexibility index (Phi) is 4.62. The quantitative estimate of drug-likeness (QED) is 0.442. The van der Waals surface area contributed by atoms with Crippen molar-refractivity contribution in [2.24, 2.45) is 0 Å². The lowest BCUT2D eigenvalue weighted by molar-refractivity contribution is 0.412. The van der Waals surface area contributed by atoms with E-state index in [0.717, 1.165) is 34.0 Å². The highest BCUT2D eigenvalue weighted by Gasteiger charge is 2.19. The van der Waals surface area contributed by atoms with Gasteiger partial charge in [-0.2, -0.15) is 0 Å². The second-order valence-electron chi connectivity index (χ2n) is 8.10. The molecular weight excluding hydrogens is 358 g/mol. The lowest BCUT2D eigenvalue weighted by Crippen LogP contribution is -2.04. The number of hydrogen-bond acceptors (Lipinski definition) is 2. The summed E-state index contributed by atoms with van der Waals surface area (Å²) < 4.78 is 7.89. The van der Waals surface area contributed by atoms with Crippen LogP contribution < -0.4 is 4.74 Å². The van der Waals surface area contributed by atoms with Crippen LogP contribution in [-0.2, 0) is 0 Å². The number of nitrogens with zero attached hydrogens (tertiary/aromatic N) is 2. The van der Waals surface area contributed by atoms with E-state index in [-0.39, 0.29) is 0 Å². The third kappa shape index (κ3) is 3.23. The molecule has 0 bridgehead atoms. The molecule has 148 valence electrons. The van der Waals surface area contributed by atoms with E-state index in [0.29, 0.717) is 0 Å². The van der Waals surface area contributed by atoms with E-state index in [9.17, 15) is 0 Å². The van der Waals surface area contributed by atoms with E-state index < -0.39 is 0 Å². The Morgan fingerprint density at radius 1 is 1.03 bits per heavy atom. The van der Waals surface area contributed by atoms with Gasteiger partial charge in [-0.1, -0.05) is 43.5 Å². The molecular formula is C25H27N3O. The number of fused-ring (bicyclic) bond motifs is 1. The van der Waals surface area contributed by atoms with E-state index in [4.69, 9.17) is 4.74 Å². The zero-order valence-corrected chi connectivity index (χ0v) is 17.1. The molecule has 0 radical (unpaired) electrons. The highest BCUT2D eigenvalue weighted by molar-refractivity contribution is 5.78. The summed E-state index contributed by atoms with van der Waals surface area (Å²) in [5, 5.41) is 0. The van der Waals surface area contributed by atoms with Crippen molar-refractivity contribution in [2.45, 2.75) is 44.9 Å². The summed E-state index contributed by atoms with van der Waals surface area (Å²) in [6.07, 6.45) is 10.6. The largest absolute Gasteiger partial charge is 0.495 e. The first kappa shape index (κ1) is 18.0. The molecule has 1 fully saturated rings. The zero-order chi connectivity index (χ0) is 19.8. The van der Waals surface area contributed by atoms with Crippen LogP contribution in [0.5, 0.6) is 5.75 Å². The van der Waals surface area contributed by atoms with E-state index in [2.05, 4.69) is 70.1 Å². The number of methoxy groups -OCH3 is 1. The maximum atomic E-state index is 5.66. The molecule has 0 aliphatic heterocycles. The zero-order valence-electron chi connectivity index (χ0n) is 17.1. The van der Waals surface area contributed by atoms with Gasteiger partial charge in [0.15, 0.2) is 0 Å². The van der Waals surface area contributed by atoms with Gasteiger partial charge in [0.1, 0.15) is 5.75 Å². The van der Waals surface area contributed by atoms with Crippen LogP contribution >= 0.6 is 0 Å². The number of imidazole rings is 1. The van der Waals surface area contributed by atoms with Crippen molar-refractivity contribution in [3.8, 4) is 22.7 Å². The summed E-state index contributed by atoms with van der Waals surface area (Å²) in [4.78, 5) is 7.55. The molecule has 0 unspecified atom stereocenters. The van der Waals surface area contributed by atoms with Crippen LogP contribution in [0, 0.1) is 6.92 Å². The van der Waals surface area contributed by atoms with Gasteiger partial charge in [-0.15, -0.1) is 0 Å². The summed E-state index contributed by atoms with van der Waals surface area (Å²) in [6.45, 7) is 2.13. The minimum absolute atomic E-state index is 0.725. The molecule has 1 saturated carbocycles. The van der Waals surface area contributed by atoms with Gasteiger partial charge in [0.25, 0.3) is 0 Å². The fourth-order valence-corrected chi connectivity index (χ4v) is 4.76. The molecule has 1 aliphatic carbocycles. The smallest absolute Gasteiger partial charge is 0.140 e. The first-order chi connectivity index (χ1) is 14.2. The summed E-state index contributed by atoms with van der Waals surface area (Å²) in [5.74, 6) is 1.63. The van der Waals surface area contributed by atoms with Crippen molar-refractivity contribution in [1.29, 1.82) is 0 Å². The molecule has 0 amide bonds. The van der Waals surface area contributed by atoms with E-state index in [1.165, 1.54) is 48.9 Å². The Morgan fingerprint density at radius 2 is 1.83 bits per heavy atom. The molecule has 1 N–H and O–H groups in total. The molecule has 0 saturated heterocycles. The van der Waals surface area contributed by atoms with Crippen LogP contribution in [0.15, 0.2) is 55.0 Å². The third-order valence-electron chi connectivity index (χ3n) is 6.37. The number of H-pyrrole nitrogens is 1. The fraction of sp³-hybridized carbons (Fsp3) is 0.320. The van der Waals surface area contributed by atoms with Crippen molar-refractivity contribution >= 4 is 11.0 Å². The van der Waals surface area contributed by atoms with Crippen molar-refractivity contribution < 1.29 is 4.74 Å². The van der Waals surface area contributed by atoms with E-state index in [1.807, 2.05) is 0 Å². The molecule has 2 heterocycles. The molecule has 0 spiro atoms. The lowest BCUT2D eigenvalue weighted by atomic mass is 9.84. The van der Waals surface area contributed by atoms with E-state index in [1.54, 1.807) is 13.4 Å². The van der Waals surface area contributed by atoms with Gasteiger partial charge in [0, 0.05) is 11.3 Å². The standard InChI is InChI=1S/C25H27N3O/c1-17-24(29-2)15-28(21-12-13-22-23(14-21)27-16-26-22)25(17)20-10-8-19(9-11-20)18-6-4-3-5-7-18/h8-16,18H,3-7H2,1-2H3,(H,26,27). The normalized spacial score (nSPS) is 15.1. The van der Waals surface area contributed by atoms with Gasteiger partial charge in [-0.3, -0.25) is 0 Å². The Bertz CT molecular complexity index is 1130. The van der Waals surface area contributed by atoms with Gasteiger partial charge in [0.2, 0.25) is 0 Å². The Labute approximate surface area is 171 Å². The predicted octanol–water partition coefficient (Wildman–Crippen LogP) is 6.39. The number of nitrogens with one attached hydrogen (secondary N) is 1. The van der Waals surface area contributed by atoms with Gasteiger partial charge in [-0.05, 0) is 55.0 Å². The van der Waals surface area contributed by atoms with Crippen LogP contribution in [0.4, 0.5) is 0 Å². The molecule has 4 heteroatoms. The lowest BCUT2D eigenvalue weighted by Gasteiger charge is -2.22. The van der Waals surface area contributed by atoms with Crippen molar-refractivity contribution in [2.75, 3.05) is 7.11 Å². The Hall–Kier alpha value is -3.01. The second kappa shape index (κ2) is 7.43. The van der Waals surface area contributed by atoms with Gasteiger partial charge >= 0.3 is 0 Å². The molecule has 5 rings (SSSR count). The SMILES string of the molecule is COc1cn(-c2ccc3nc[nH]c3c2)c(-c2ccc(C3CCCCC3)cc2)c1C. The van der Waals surface area contributed by atoms with Gasteiger partial charge < -0.3 is 14.3 Å². The minimum Gasteiger partial charge on any atom is -0.495 e. The Balaban J connectivity index is 1.57. The summed E-state index contributed by atoms with van der Waals surface area (Å²) in [7, 11) is 1.74. The van der Waals surface area contributed by atoms with Gasteiger partial charge in [-0.25, -0.2) is 4.98 Å². The van der Waals surface area contributed by atoms with Crippen molar-refractivity contribution in [3.63, 3.8) is 0 Å². The van der Waals surface area contributed by atoms with Gasteiger partial charge in [0.05, 0.1) is 36.4 Å². The fourth-order valence-electron chi connectivity index (χ4n) is 4.76. The highest BCUT2D eigenvalue weighted by atomic mass is 16.5. The summed E-state index contributed by atoms with van der Waals surface area (Å²) >= 11 is 0. The van der Waals surface area contributed by atoms with E-state index >= 15 is 0 Å². The first-order valence-corrected chi connectivity index (χ1v) is 10.5. The van der Waals surface area contributed by atoms with Crippen molar-refractivity contribution in [1.82, 2.24) is 14.5 Å². The minimum atomic E-state index is 0.725. The maximum Gasteiger partial charge on any atom is 0.140 e. The number of rotatable bonds is 4. The summed E-state index contributed by atoms with van der Waals surface area (Å²) in [5.41, 5.74) is 8.14. The molecule has 4 aromatic rings. The Morgan fingerprint density at radius 3 is 2.59 bits per heavy atom. The number of hydrogen-bond donors (Lipinski definition) is 1. The monoisotopic (exact) mass is 385 g/mol. The maximum absolute atomic E-state index is 5.66. The third-order valence-corrected chi connectivity index (χ3v) is 6.37. The number of aromatic nitrogens is 3. The molecule has 2 aromatic carbocycles. The number of aromatic amines is 1. The topological polar surface area (TPSA) is 42.8 Å². The summed E-state index contributed by atoms with van der Waals surface area (Å²) in [6, 6.07) is 15.5. The molecule has 0 atom stereocenters. The van der Waals surface area contributed by atoms with Crippen LogP contribution in [-0.4, -0.2) is 21.6 Å². The average Bonchev–Trinajstić information content (AvgIpc) is 3.38. The van der Waals surface area contributed by atoms with Crippen LogP contribution in [0.2, 0.25) is 0 Å². The number of ether oxygens (including phenoxy) is 1. The molecule has 29 heavy (non-hydrogen) atoms. The van der Waals surface area contributed by atoms with Crippen molar-refractivity contribution in [3.05, 3.63) is 66.1 Å². The van der Waals surface area contributed by atoms with Crippen LogP contribution in [0.25, 0.3) is 28.0 Å². The number of benzene rings is 2.